The quantitative estimate of drug-likeness (QED) is 0.263. The minimum Gasteiger partial charge on any atom is -0.378 e. The summed E-state index contributed by atoms with van der Waals surface area (Å²) < 4.78 is 26.9. The zero-order chi connectivity index (χ0) is 27.1. The fourth-order valence-electron chi connectivity index (χ4n) is 4.11. The summed E-state index contributed by atoms with van der Waals surface area (Å²) in [4.78, 5) is 38.7. The lowest BCUT2D eigenvalue weighted by Crippen LogP contribution is -2.30. The van der Waals surface area contributed by atoms with E-state index in [1.807, 2.05) is 4.72 Å². The van der Waals surface area contributed by atoms with Gasteiger partial charge in [-0.15, -0.1) is 0 Å². The number of carbonyl (C=O) groups is 2. The van der Waals surface area contributed by atoms with Gasteiger partial charge in [-0.25, -0.2) is 13.1 Å². The van der Waals surface area contributed by atoms with Crippen LogP contribution in [0.3, 0.4) is 0 Å². The minimum atomic E-state index is -4.07. The molecule has 0 unspecified atom stereocenters. The standard InChI is InChI=1S/C26H27N5O6S/c32-25(20-11-12-23(24(18-20)31(34)35)27-13-16-30-14-4-5-15-30)28-21-8-6-7-19(17-21)26(33)29-38(36,37)22-9-2-1-3-10-22/h1-3,6-12,17-18,27H,4-5,13-16H2,(H,28,32)(H,29,33). The largest absolute Gasteiger partial charge is 0.378 e. The molecule has 1 saturated heterocycles. The number of sulfonamides is 1. The summed E-state index contributed by atoms with van der Waals surface area (Å²) in [6.07, 6.45) is 2.31. The first-order valence-corrected chi connectivity index (χ1v) is 13.5. The van der Waals surface area contributed by atoms with E-state index in [4.69, 9.17) is 0 Å². The van der Waals surface area contributed by atoms with Crippen molar-refractivity contribution in [2.45, 2.75) is 17.7 Å². The number of nitrogens with one attached hydrogen (secondary N) is 3. The van der Waals surface area contributed by atoms with Crippen LogP contribution in [-0.4, -0.2) is 56.2 Å². The number of carbonyl (C=O) groups excluding carboxylic acids is 2. The van der Waals surface area contributed by atoms with E-state index < -0.39 is 26.8 Å². The summed E-state index contributed by atoms with van der Waals surface area (Å²) in [6.45, 7) is 3.36. The Morgan fingerprint density at radius 3 is 2.32 bits per heavy atom. The van der Waals surface area contributed by atoms with Gasteiger partial charge < -0.3 is 15.5 Å². The van der Waals surface area contributed by atoms with Gasteiger partial charge in [-0.05, 0) is 68.4 Å². The number of amides is 2. The number of benzene rings is 3. The van der Waals surface area contributed by atoms with E-state index in [2.05, 4.69) is 15.5 Å². The number of anilines is 2. The van der Waals surface area contributed by atoms with Crippen molar-refractivity contribution in [1.82, 2.24) is 9.62 Å². The van der Waals surface area contributed by atoms with Crippen LogP contribution in [0.5, 0.6) is 0 Å². The van der Waals surface area contributed by atoms with E-state index in [0.29, 0.717) is 12.2 Å². The normalized spacial score (nSPS) is 13.6. The smallest absolute Gasteiger partial charge is 0.293 e. The molecular weight excluding hydrogens is 510 g/mol. The maximum atomic E-state index is 12.8. The Bertz CT molecular complexity index is 1440. The molecule has 38 heavy (non-hydrogen) atoms. The van der Waals surface area contributed by atoms with Crippen molar-refractivity contribution in [1.29, 1.82) is 0 Å². The van der Waals surface area contributed by atoms with Crippen LogP contribution in [0.2, 0.25) is 0 Å². The van der Waals surface area contributed by atoms with Crippen LogP contribution >= 0.6 is 0 Å². The molecule has 1 aliphatic rings. The first kappa shape index (κ1) is 26.8. The third kappa shape index (κ3) is 6.72. The summed E-state index contributed by atoms with van der Waals surface area (Å²) in [5, 5.41) is 17.3. The van der Waals surface area contributed by atoms with E-state index in [-0.39, 0.29) is 27.4 Å². The molecule has 0 spiro atoms. The molecule has 198 valence electrons. The summed E-state index contributed by atoms with van der Waals surface area (Å²) in [7, 11) is -4.07. The maximum absolute atomic E-state index is 12.8. The number of nitro benzene ring substituents is 1. The van der Waals surface area contributed by atoms with Gasteiger partial charge in [-0.1, -0.05) is 24.3 Å². The number of hydrogen-bond acceptors (Lipinski definition) is 8. The molecule has 2 amide bonds. The average molecular weight is 538 g/mol. The number of likely N-dealkylation sites (tertiary alicyclic amines) is 1. The molecular formula is C26H27N5O6S. The summed E-state index contributed by atoms with van der Waals surface area (Å²) in [5.41, 5.74) is 0.381. The lowest BCUT2D eigenvalue weighted by molar-refractivity contribution is -0.384. The van der Waals surface area contributed by atoms with E-state index in [1.165, 1.54) is 66.7 Å². The first-order chi connectivity index (χ1) is 18.2. The van der Waals surface area contributed by atoms with Gasteiger partial charge in [0.05, 0.1) is 9.82 Å². The van der Waals surface area contributed by atoms with Gasteiger partial charge in [0.1, 0.15) is 5.69 Å². The van der Waals surface area contributed by atoms with Crippen molar-refractivity contribution in [2.24, 2.45) is 0 Å². The van der Waals surface area contributed by atoms with Crippen molar-refractivity contribution in [3.05, 3.63) is 94.0 Å². The Kier molecular flexibility index (Phi) is 8.34. The SMILES string of the molecule is O=C(Nc1cccc(C(=O)NS(=O)(=O)c2ccccc2)c1)c1ccc(NCCN2CCCC2)c([N+](=O)[O-])c1. The van der Waals surface area contributed by atoms with Crippen molar-refractivity contribution < 1.29 is 22.9 Å². The van der Waals surface area contributed by atoms with Gasteiger partial charge in [-0.2, -0.15) is 0 Å². The van der Waals surface area contributed by atoms with Crippen LogP contribution in [0, 0.1) is 10.1 Å². The number of rotatable bonds is 10. The summed E-state index contributed by atoms with van der Waals surface area (Å²) in [6, 6.07) is 17.3. The van der Waals surface area contributed by atoms with E-state index in [1.54, 1.807) is 6.07 Å². The summed E-state index contributed by atoms with van der Waals surface area (Å²) in [5.74, 6) is -1.49. The highest BCUT2D eigenvalue weighted by molar-refractivity contribution is 7.90. The van der Waals surface area contributed by atoms with Crippen LogP contribution in [0.4, 0.5) is 17.1 Å². The van der Waals surface area contributed by atoms with Gasteiger partial charge >= 0.3 is 0 Å². The molecule has 3 aromatic carbocycles. The Labute approximate surface area is 220 Å². The highest BCUT2D eigenvalue weighted by Crippen LogP contribution is 2.26. The lowest BCUT2D eigenvalue weighted by Gasteiger charge is -2.15. The fourth-order valence-corrected chi connectivity index (χ4v) is 5.10. The topological polar surface area (TPSA) is 151 Å². The molecule has 0 saturated carbocycles. The van der Waals surface area contributed by atoms with Crippen molar-refractivity contribution in [3.8, 4) is 0 Å². The molecule has 12 heteroatoms. The number of nitrogens with zero attached hydrogens (tertiary/aromatic N) is 2. The van der Waals surface area contributed by atoms with E-state index in [0.717, 1.165) is 32.5 Å². The molecule has 3 N–H and O–H groups in total. The number of nitro groups is 1. The van der Waals surface area contributed by atoms with Gasteiger partial charge in [0.25, 0.3) is 27.5 Å². The Morgan fingerprint density at radius 2 is 1.61 bits per heavy atom. The predicted molar refractivity (Wildman–Crippen MR) is 143 cm³/mol. The van der Waals surface area contributed by atoms with E-state index in [9.17, 15) is 28.1 Å². The molecule has 1 heterocycles. The van der Waals surface area contributed by atoms with Gasteiger partial charge in [-0.3, -0.25) is 19.7 Å². The zero-order valence-corrected chi connectivity index (χ0v) is 21.2. The average Bonchev–Trinajstić information content (AvgIpc) is 3.43. The van der Waals surface area contributed by atoms with Crippen molar-refractivity contribution in [2.75, 3.05) is 36.8 Å². The molecule has 1 fully saturated rings. The molecule has 1 aliphatic heterocycles. The van der Waals surface area contributed by atoms with Crippen LogP contribution in [0.15, 0.2) is 77.7 Å². The van der Waals surface area contributed by atoms with Gasteiger partial charge in [0.15, 0.2) is 0 Å². The lowest BCUT2D eigenvalue weighted by atomic mass is 10.1. The maximum Gasteiger partial charge on any atom is 0.293 e. The zero-order valence-electron chi connectivity index (χ0n) is 20.4. The molecule has 3 aromatic rings. The predicted octanol–water partition coefficient (Wildman–Crippen LogP) is 3.47. The Balaban J connectivity index is 1.42. The second kappa shape index (κ2) is 11.8. The Morgan fingerprint density at radius 1 is 0.895 bits per heavy atom. The molecule has 0 aromatic heterocycles. The highest BCUT2D eigenvalue weighted by Gasteiger charge is 2.20. The van der Waals surface area contributed by atoms with E-state index >= 15 is 0 Å². The molecule has 11 nitrogen and oxygen atoms in total. The molecule has 0 bridgehead atoms. The van der Waals surface area contributed by atoms with Gasteiger partial charge in [0, 0.05) is 36.0 Å². The molecule has 0 atom stereocenters. The Hall–Kier alpha value is -4.29. The van der Waals surface area contributed by atoms with Crippen molar-refractivity contribution in [3.63, 3.8) is 0 Å². The third-order valence-corrected chi connectivity index (χ3v) is 7.41. The van der Waals surface area contributed by atoms with Crippen LogP contribution in [0.1, 0.15) is 33.6 Å². The number of hydrogen-bond donors (Lipinski definition) is 3. The van der Waals surface area contributed by atoms with Crippen LogP contribution in [-0.2, 0) is 10.0 Å². The third-order valence-electron chi connectivity index (χ3n) is 6.06. The van der Waals surface area contributed by atoms with Crippen LogP contribution in [0.25, 0.3) is 0 Å². The minimum absolute atomic E-state index is 0.00540. The molecule has 0 aliphatic carbocycles. The van der Waals surface area contributed by atoms with Crippen molar-refractivity contribution >= 4 is 38.9 Å². The fraction of sp³-hybridized carbons (Fsp3) is 0.231. The molecule has 0 radical (unpaired) electrons. The monoisotopic (exact) mass is 537 g/mol. The second-order valence-electron chi connectivity index (χ2n) is 8.75. The summed E-state index contributed by atoms with van der Waals surface area (Å²) >= 11 is 0. The highest BCUT2D eigenvalue weighted by atomic mass is 32.2. The van der Waals surface area contributed by atoms with Crippen LogP contribution < -0.4 is 15.4 Å². The molecule has 4 rings (SSSR count). The van der Waals surface area contributed by atoms with Gasteiger partial charge in [0.2, 0.25) is 0 Å². The second-order valence-corrected chi connectivity index (χ2v) is 10.4. The first-order valence-electron chi connectivity index (χ1n) is 12.0.